The van der Waals surface area contributed by atoms with Gasteiger partial charge >= 0.3 is 0 Å². The minimum Gasteiger partial charge on any atom is -0.379 e. The highest BCUT2D eigenvalue weighted by atomic mass is 32.2. The van der Waals surface area contributed by atoms with Crippen LogP contribution in [0.2, 0.25) is 0 Å². The van der Waals surface area contributed by atoms with E-state index in [1.165, 1.54) is 21.3 Å². The van der Waals surface area contributed by atoms with Crippen LogP contribution < -0.4 is 9.70 Å². The van der Waals surface area contributed by atoms with E-state index in [1.54, 1.807) is 35.6 Å². The van der Waals surface area contributed by atoms with Gasteiger partial charge in [-0.05, 0) is 60.3 Å². The third-order valence-electron chi connectivity index (χ3n) is 7.04. The molecule has 41 heavy (non-hydrogen) atoms. The molecule has 2 aromatic heterocycles. The van der Waals surface area contributed by atoms with Crippen molar-refractivity contribution in [2.45, 2.75) is 11.8 Å². The van der Waals surface area contributed by atoms with Crippen molar-refractivity contribution in [2.24, 2.45) is 10.1 Å². The molecule has 2 aliphatic rings. The molecule has 0 spiro atoms. The van der Waals surface area contributed by atoms with E-state index in [0.717, 1.165) is 48.1 Å². The largest absolute Gasteiger partial charge is 0.379 e. The molecule has 4 aromatic rings. The van der Waals surface area contributed by atoms with Crippen LogP contribution in [-0.2, 0) is 19.5 Å². The highest BCUT2D eigenvalue weighted by Crippen LogP contribution is 2.27. The van der Waals surface area contributed by atoms with Gasteiger partial charge in [0.25, 0.3) is 0 Å². The van der Waals surface area contributed by atoms with Crippen molar-refractivity contribution in [2.75, 3.05) is 57.5 Å². The van der Waals surface area contributed by atoms with E-state index < -0.39 is 10.0 Å². The number of anilines is 1. The van der Waals surface area contributed by atoms with E-state index >= 15 is 0 Å². The molecule has 2 saturated heterocycles. The topological polar surface area (TPSA) is 88.7 Å². The molecule has 0 unspecified atom stereocenters. The average molecular weight is 610 g/mol. The zero-order chi connectivity index (χ0) is 28.2. The summed E-state index contributed by atoms with van der Waals surface area (Å²) in [6.45, 7) is 6.85. The lowest BCUT2D eigenvalue weighted by Gasteiger charge is -2.28. The first-order valence-electron chi connectivity index (χ1n) is 13.4. The Morgan fingerprint density at radius 1 is 0.854 bits per heavy atom. The van der Waals surface area contributed by atoms with Crippen molar-refractivity contribution in [1.82, 2.24) is 8.98 Å². The number of hydrogen-bond donors (Lipinski definition) is 0. The smallest absolute Gasteiger partial charge is 0.243 e. The second-order valence-corrected chi connectivity index (χ2v) is 13.4. The van der Waals surface area contributed by atoms with Crippen molar-refractivity contribution >= 4 is 49.8 Å². The standard InChI is InChI=1S/C29H31N5O4S3/c1-22(23-4-8-25(9-5-23)32-12-16-37-17-13-32)31-34-27(28-3-2-20-39-28)21-40-29(34)30-24-6-10-26(11-7-24)41(35,36)33-14-18-38-19-15-33/h2-11,20-21H,12-19H2,1H3. The molecular formula is C29H31N5O4S3. The summed E-state index contributed by atoms with van der Waals surface area (Å²) in [5.41, 5.74) is 4.69. The van der Waals surface area contributed by atoms with Crippen LogP contribution >= 0.6 is 22.7 Å². The van der Waals surface area contributed by atoms with Crippen LogP contribution in [0.15, 0.2) is 86.4 Å². The predicted molar refractivity (Wildman–Crippen MR) is 164 cm³/mol. The average Bonchev–Trinajstić information content (AvgIpc) is 3.69. The fraction of sp³-hybridized carbons (Fsp3) is 0.310. The molecule has 0 bridgehead atoms. The number of aromatic nitrogens is 1. The molecule has 0 N–H and O–H groups in total. The zero-order valence-corrected chi connectivity index (χ0v) is 25.1. The number of thiophene rings is 1. The molecule has 0 aliphatic carbocycles. The Kier molecular flexibility index (Phi) is 8.47. The van der Waals surface area contributed by atoms with Crippen LogP contribution in [0.25, 0.3) is 10.6 Å². The van der Waals surface area contributed by atoms with E-state index in [2.05, 4.69) is 40.6 Å². The molecule has 2 aliphatic heterocycles. The van der Waals surface area contributed by atoms with Crippen molar-refractivity contribution in [1.29, 1.82) is 0 Å². The van der Waals surface area contributed by atoms with E-state index in [1.807, 2.05) is 23.0 Å². The van der Waals surface area contributed by atoms with Gasteiger partial charge in [0.2, 0.25) is 14.8 Å². The second-order valence-electron chi connectivity index (χ2n) is 9.65. The van der Waals surface area contributed by atoms with Gasteiger partial charge in [0.1, 0.15) is 0 Å². The van der Waals surface area contributed by atoms with E-state index in [0.29, 0.717) is 36.8 Å². The SMILES string of the molecule is CC(=Nn1c(-c2cccs2)csc1=Nc1ccc(S(=O)(=O)N2CCOCC2)cc1)c1ccc(N2CCOCC2)cc1. The molecule has 0 saturated carbocycles. The first-order valence-corrected chi connectivity index (χ1v) is 16.6. The van der Waals surface area contributed by atoms with Gasteiger partial charge in [-0.3, -0.25) is 0 Å². The predicted octanol–water partition coefficient (Wildman–Crippen LogP) is 4.64. The van der Waals surface area contributed by atoms with E-state index in [-0.39, 0.29) is 4.90 Å². The fourth-order valence-corrected chi connectivity index (χ4v) is 7.80. The van der Waals surface area contributed by atoms with Gasteiger partial charge in [-0.25, -0.2) is 18.1 Å². The number of sulfonamides is 1. The summed E-state index contributed by atoms with van der Waals surface area (Å²) < 4.78 is 40.2. The number of ether oxygens (including phenoxy) is 2. The van der Waals surface area contributed by atoms with Crippen molar-refractivity contribution < 1.29 is 17.9 Å². The maximum absolute atomic E-state index is 13.0. The first-order chi connectivity index (χ1) is 20.0. The molecule has 9 nitrogen and oxygen atoms in total. The molecule has 0 amide bonds. The molecule has 12 heteroatoms. The molecule has 0 radical (unpaired) electrons. The molecule has 2 fully saturated rings. The van der Waals surface area contributed by atoms with Crippen LogP contribution in [0.4, 0.5) is 11.4 Å². The molecule has 4 heterocycles. The Bertz CT molecular complexity index is 1660. The third-order valence-corrected chi connectivity index (χ3v) is 10.7. The number of hydrogen-bond acceptors (Lipinski definition) is 9. The fourth-order valence-electron chi connectivity index (χ4n) is 4.75. The molecule has 6 rings (SSSR count). The van der Waals surface area contributed by atoms with Crippen molar-refractivity contribution in [3.63, 3.8) is 0 Å². The Labute approximate surface area is 247 Å². The van der Waals surface area contributed by atoms with Gasteiger partial charge in [-0.1, -0.05) is 18.2 Å². The normalized spacial score (nSPS) is 17.7. The van der Waals surface area contributed by atoms with Crippen LogP contribution in [0.5, 0.6) is 0 Å². The lowest BCUT2D eigenvalue weighted by molar-refractivity contribution is 0.0730. The monoisotopic (exact) mass is 609 g/mol. The van der Waals surface area contributed by atoms with Crippen LogP contribution in [0.1, 0.15) is 12.5 Å². The first kappa shape index (κ1) is 28.0. The van der Waals surface area contributed by atoms with Crippen molar-refractivity contribution in [3.8, 4) is 10.6 Å². The second kappa shape index (κ2) is 12.4. The number of rotatable bonds is 7. The summed E-state index contributed by atoms with van der Waals surface area (Å²) in [5, 5.41) is 9.11. The lowest BCUT2D eigenvalue weighted by atomic mass is 10.1. The number of benzene rings is 2. The number of thiazole rings is 1. The zero-order valence-electron chi connectivity index (χ0n) is 22.7. The molecule has 2 aromatic carbocycles. The van der Waals surface area contributed by atoms with Crippen LogP contribution in [0.3, 0.4) is 0 Å². The maximum Gasteiger partial charge on any atom is 0.243 e. The highest BCUT2D eigenvalue weighted by molar-refractivity contribution is 7.89. The summed E-state index contributed by atoms with van der Waals surface area (Å²) >= 11 is 3.14. The summed E-state index contributed by atoms with van der Waals surface area (Å²) in [5.74, 6) is 0. The van der Waals surface area contributed by atoms with Crippen LogP contribution in [0, 0.1) is 0 Å². The summed E-state index contributed by atoms with van der Waals surface area (Å²) in [6, 6.07) is 19.3. The molecule has 214 valence electrons. The minimum absolute atomic E-state index is 0.256. The molecule has 0 atom stereocenters. The van der Waals surface area contributed by atoms with Gasteiger partial charge in [-0.15, -0.1) is 22.7 Å². The van der Waals surface area contributed by atoms with Gasteiger partial charge in [-0.2, -0.15) is 9.41 Å². The summed E-state index contributed by atoms with van der Waals surface area (Å²) in [7, 11) is -3.56. The summed E-state index contributed by atoms with van der Waals surface area (Å²) in [6.07, 6.45) is 0. The van der Waals surface area contributed by atoms with Gasteiger partial charge in [0.15, 0.2) is 0 Å². The summed E-state index contributed by atoms with van der Waals surface area (Å²) in [4.78, 5) is 9.23. The highest BCUT2D eigenvalue weighted by Gasteiger charge is 2.26. The Balaban J connectivity index is 1.31. The van der Waals surface area contributed by atoms with Crippen molar-refractivity contribution in [3.05, 3.63) is 81.8 Å². The Morgan fingerprint density at radius 2 is 1.54 bits per heavy atom. The van der Waals surface area contributed by atoms with E-state index in [4.69, 9.17) is 19.6 Å². The van der Waals surface area contributed by atoms with Crippen LogP contribution in [-0.4, -0.2) is 75.7 Å². The Hall–Kier alpha value is -3.13. The molecular weight excluding hydrogens is 579 g/mol. The lowest BCUT2D eigenvalue weighted by Crippen LogP contribution is -2.40. The van der Waals surface area contributed by atoms with Gasteiger partial charge < -0.3 is 14.4 Å². The van der Waals surface area contributed by atoms with Gasteiger partial charge in [0.05, 0.1) is 53.3 Å². The maximum atomic E-state index is 13.0. The number of morpholine rings is 2. The quantitative estimate of drug-likeness (QED) is 0.285. The Morgan fingerprint density at radius 3 is 2.20 bits per heavy atom. The minimum atomic E-state index is -3.56. The van der Waals surface area contributed by atoms with E-state index in [9.17, 15) is 8.42 Å². The number of nitrogens with zero attached hydrogens (tertiary/aromatic N) is 5. The van der Waals surface area contributed by atoms with Gasteiger partial charge in [0, 0.05) is 37.2 Å². The third kappa shape index (κ3) is 6.22.